The summed E-state index contributed by atoms with van der Waals surface area (Å²) in [4.78, 5) is 41.0. The van der Waals surface area contributed by atoms with Crippen LogP contribution in [0.5, 0.6) is 0 Å². The van der Waals surface area contributed by atoms with Crippen molar-refractivity contribution >= 4 is 34.4 Å². The number of aromatic nitrogens is 2. The Kier molecular flexibility index (Phi) is 5.75. The molecule has 0 radical (unpaired) electrons. The van der Waals surface area contributed by atoms with E-state index in [2.05, 4.69) is 4.98 Å². The molecule has 0 bridgehead atoms. The summed E-state index contributed by atoms with van der Waals surface area (Å²) in [5.74, 6) is 0.368. The van der Waals surface area contributed by atoms with Crippen molar-refractivity contribution in [2.24, 2.45) is 0 Å². The number of ketones is 1. The fourth-order valence-electron chi connectivity index (χ4n) is 2.50. The van der Waals surface area contributed by atoms with Gasteiger partial charge in [-0.2, -0.15) is 0 Å². The van der Waals surface area contributed by atoms with Crippen molar-refractivity contribution in [1.29, 1.82) is 0 Å². The molecule has 27 heavy (non-hydrogen) atoms. The number of rotatable bonds is 7. The number of hydrogen-bond donors (Lipinski definition) is 0. The van der Waals surface area contributed by atoms with Gasteiger partial charge in [-0.25, -0.2) is 9.78 Å². The highest BCUT2D eigenvalue weighted by atomic mass is 32.2. The fraction of sp³-hybridized carbons (Fsp3) is 0.263. The molecule has 0 aliphatic carbocycles. The van der Waals surface area contributed by atoms with Gasteiger partial charge < -0.3 is 9.15 Å². The van der Waals surface area contributed by atoms with E-state index in [0.717, 1.165) is 0 Å². The van der Waals surface area contributed by atoms with Gasteiger partial charge in [0.05, 0.1) is 42.1 Å². The number of nitrogens with zero attached hydrogens (tertiary/aromatic N) is 2. The van der Waals surface area contributed by atoms with Gasteiger partial charge in [-0.15, -0.1) is 0 Å². The van der Waals surface area contributed by atoms with E-state index in [9.17, 15) is 14.4 Å². The van der Waals surface area contributed by atoms with E-state index >= 15 is 0 Å². The fourth-order valence-corrected chi connectivity index (χ4v) is 3.46. The van der Waals surface area contributed by atoms with Crippen molar-refractivity contribution in [2.45, 2.75) is 25.0 Å². The van der Waals surface area contributed by atoms with E-state index in [1.807, 2.05) is 0 Å². The average molecular weight is 386 g/mol. The zero-order valence-corrected chi connectivity index (χ0v) is 15.7. The van der Waals surface area contributed by atoms with Crippen molar-refractivity contribution < 1.29 is 18.7 Å². The standard InChI is InChI=1S/C19H18N2O5S/c1-3-13(22)11-27-19-20-16-9-12(18(24)25-2)6-7-15(16)17(23)21(19)10-14-5-4-8-26-14/h4-9H,3,10-11H2,1-2H3. The third-order valence-electron chi connectivity index (χ3n) is 3.99. The molecule has 2 heterocycles. The number of Topliss-reactive ketones (excluding diaryl/α,β-unsaturated/α-hetero) is 1. The molecule has 0 amide bonds. The molecular weight excluding hydrogens is 368 g/mol. The average Bonchev–Trinajstić information content (AvgIpc) is 3.20. The van der Waals surface area contributed by atoms with Crippen molar-refractivity contribution in [3.63, 3.8) is 0 Å². The number of hydrogen-bond acceptors (Lipinski definition) is 7. The Bertz CT molecular complexity index is 1040. The first kappa shape index (κ1) is 18.9. The molecule has 0 fully saturated rings. The number of carbonyl (C=O) groups is 2. The lowest BCUT2D eigenvalue weighted by molar-refractivity contribution is -0.116. The van der Waals surface area contributed by atoms with E-state index < -0.39 is 5.97 Å². The second-order valence-electron chi connectivity index (χ2n) is 5.77. The molecule has 3 rings (SSSR count). The molecule has 0 saturated carbocycles. The van der Waals surface area contributed by atoms with Gasteiger partial charge in [0.25, 0.3) is 5.56 Å². The first-order chi connectivity index (χ1) is 13.0. The van der Waals surface area contributed by atoms with E-state index in [1.54, 1.807) is 25.1 Å². The molecule has 0 saturated heterocycles. The Balaban J connectivity index is 2.11. The van der Waals surface area contributed by atoms with Crippen molar-refractivity contribution in [1.82, 2.24) is 9.55 Å². The minimum Gasteiger partial charge on any atom is -0.467 e. The second kappa shape index (κ2) is 8.22. The van der Waals surface area contributed by atoms with Crippen LogP contribution in [0.2, 0.25) is 0 Å². The summed E-state index contributed by atoms with van der Waals surface area (Å²) < 4.78 is 11.5. The molecule has 0 aliphatic rings. The van der Waals surface area contributed by atoms with E-state index in [-0.39, 0.29) is 23.6 Å². The Morgan fingerprint density at radius 3 is 2.78 bits per heavy atom. The lowest BCUT2D eigenvalue weighted by Crippen LogP contribution is -2.24. The van der Waals surface area contributed by atoms with Crippen molar-refractivity contribution in [2.75, 3.05) is 12.9 Å². The summed E-state index contributed by atoms with van der Waals surface area (Å²) in [5.41, 5.74) is 0.422. The highest BCUT2D eigenvalue weighted by molar-refractivity contribution is 7.99. The summed E-state index contributed by atoms with van der Waals surface area (Å²) >= 11 is 1.20. The number of esters is 1. The molecular formula is C19H18N2O5S. The van der Waals surface area contributed by atoms with Crippen LogP contribution < -0.4 is 5.56 Å². The monoisotopic (exact) mass is 386 g/mol. The van der Waals surface area contributed by atoms with Gasteiger partial charge in [-0.1, -0.05) is 18.7 Å². The summed E-state index contributed by atoms with van der Waals surface area (Å²) in [7, 11) is 1.29. The van der Waals surface area contributed by atoms with Gasteiger partial charge >= 0.3 is 5.97 Å². The van der Waals surface area contributed by atoms with Gasteiger partial charge in [0.1, 0.15) is 11.5 Å². The molecule has 3 aromatic rings. The highest BCUT2D eigenvalue weighted by Crippen LogP contribution is 2.20. The number of fused-ring (bicyclic) bond motifs is 1. The largest absolute Gasteiger partial charge is 0.467 e. The maximum Gasteiger partial charge on any atom is 0.337 e. The van der Waals surface area contributed by atoms with Crippen LogP contribution in [-0.4, -0.2) is 34.2 Å². The normalized spacial score (nSPS) is 10.9. The van der Waals surface area contributed by atoms with Gasteiger partial charge in [0.2, 0.25) is 0 Å². The molecule has 8 heteroatoms. The Hall–Kier alpha value is -2.87. The van der Waals surface area contributed by atoms with Gasteiger partial charge in [-0.05, 0) is 30.3 Å². The summed E-state index contributed by atoms with van der Waals surface area (Å²) in [6, 6.07) is 8.11. The van der Waals surface area contributed by atoms with Crippen LogP contribution >= 0.6 is 11.8 Å². The maximum absolute atomic E-state index is 13.0. The highest BCUT2D eigenvalue weighted by Gasteiger charge is 2.16. The van der Waals surface area contributed by atoms with E-state index in [1.165, 1.54) is 41.8 Å². The predicted octanol–water partition coefficient (Wildman–Crippen LogP) is 2.90. The van der Waals surface area contributed by atoms with E-state index in [4.69, 9.17) is 9.15 Å². The minimum absolute atomic E-state index is 0.0576. The van der Waals surface area contributed by atoms with Crippen LogP contribution in [0.1, 0.15) is 29.5 Å². The van der Waals surface area contributed by atoms with Crippen LogP contribution in [0, 0.1) is 0 Å². The molecule has 7 nitrogen and oxygen atoms in total. The Labute approximate surface area is 159 Å². The van der Waals surface area contributed by atoms with Gasteiger partial charge in [-0.3, -0.25) is 14.2 Å². The number of methoxy groups -OCH3 is 1. The van der Waals surface area contributed by atoms with Crippen LogP contribution in [-0.2, 0) is 16.1 Å². The first-order valence-electron chi connectivity index (χ1n) is 8.33. The second-order valence-corrected chi connectivity index (χ2v) is 6.71. The molecule has 2 aromatic heterocycles. The van der Waals surface area contributed by atoms with Crippen LogP contribution in [0.25, 0.3) is 10.9 Å². The number of carbonyl (C=O) groups excluding carboxylic acids is 2. The van der Waals surface area contributed by atoms with Crippen molar-refractivity contribution in [3.8, 4) is 0 Å². The number of benzene rings is 1. The topological polar surface area (TPSA) is 91.4 Å². The third-order valence-corrected chi connectivity index (χ3v) is 5.03. The van der Waals surface area contributed by atoms with Crippen molar-refractivity contribution in [3.05, 3.63) is 58.3 Å². The Morgan fingerprint density at radius 2 is 2.11 bits per heavy atom. The number of thioether (sulfide) groups is 1. The molecule has 0 unspecified atom stereocenters. The zero-order chi connectivity index (χ0) is 19.4. The molecule has 0 aliphatic heterocycles. The molecule has 0 N–H and O–H groups in total. The van der Waals surface area contributed by atoms with Crippen LogP contribution in [0.4, 0.5) is 0 Å². The maximum atomic E-state index is 13.0. The molecule has 0 atom stereocenters. The van der Waals surface area contributed by atoms with Gasteiger partial charge in [0.15, 0.2) is 5.16 Å². The molecule has 140 valence electrons. The summed E-state index contributed by atoms with van der Waals surface area (Å²) in [6.45, 7) is 1.99. The summed E-state index contributed by atoms with van der Waals surface area (Å²) in [5, 5.41) is 0.771. The van der Waals surface area contributed by atoms with Crippen LogP contribution in [0.3, 0.4) is 0 Å². The molecule has 1 aromatic carbocycles. The number of ether oxygens (including phenoxy) is 1. The van der Waals surface area contributed by atoms with Gasteiger partial charge in [0, 0.05) is 6.42 Å². The molecule has 0 spiro atoms. The summed E-state index contributed by atoms with van der Waals surface area (Å²) in [6.07, 6.45) is 1.94. The quantitative estimate of drug-likeness (QED) is 0.350. The smallest absolute Gasteiger partial charge is 0.337 e. The SMILES string of the molecule is CCC(=O)CSc1nc2cc(C(=O)OC)ccc2c(=O)n1Cc1ccco1. The van der Waals surface area contributed by atoms with E-state index in [0.29, 0.717) is 33.8 Å². The predicted molar refractivity (Wildman–Crippen MR) is 101 cm³/mol. The zero-order valence-electron chi connectivity index (χ0n) is 14.9. The van der Waals surface area contributed by atoms with Crippen LogP contribution in [0.15, 0.2) is 51.0 Å². The minimum atomic E-state index is -0.506. The first-order valence-corrected chi connectivity index (χ1v) is 9.31. The lowest BCUT2D eigenvalue weighted by Gasteiger charge is -2.12. The number of furan rings is 1. The third kappa shape index (κ3) is 4.11. The lowest BCUT2D eigenvalue weighted by atomic mass is 10.1. The Morgan fingerprint density at radius 1 is 1.30 bits per heavy atom.